The predicted molar refractivity (Wildman–Crippen MR) is 78.2 cm³/mol. The van der Waals surface area contributed by atoms with Gasteiger partial charge in [0.15, 0.2) is 0 Å². The first-order valence-corrected chi connectivity index (χ1v) is 10.1. The van der Waals surface area contributed by atoms with E-state index in [4.69, 9.17) is 0 Å². The summed E-state index contributed by atoms with van der Waals surface area (Å²) in [7, 11) is -0.804. The van der Waals surface area contributed by atoms with Gasteiger partial charge in [0.2, 0.25) is 0 Å². The molecule has 0 unspecified atom stereocenters. The molecule has 0 heterocycles. The molecule has 0 saturated carbocycles. The van der Waals surface area contributed by atoms with Crippen molar-refractivity contribution < 1.29 is 0 Å². The SMILES string of the molecule is CCCCCCC[PH](CC)(CC)CCC. The van der Waals surface area contributed by atoms with E-state index < -0.39 is 7.26 Å². The minimum atomic E-state index is -0.804. The molecule has 94 valence electrons. The molecule has 0 nitrogen and oxygen atoms in total. The van der Waals surface area contributed by atoms with Gasteiger partial charge in [-0.1, -0.05) is 0 Å². The Morgan fingerprint density at radius 1 is 0.600 bits per heavy atom. The van der Waals surface area contributed by atoms with Crippen LogP contribution >= 0.6 is 7.26 Å². The number of unbranched alkanes of at least 4 members (excludes halogenated alkanes) is 4. The van der Waals surface area contributed by atoms with Crippen LogP contribution in [0.15, 0.2) is 0 Å². The van der Waals surface area contributed by atoms with Crippen molar-refractivity contribution in [3.8, 4) is 0 Å². The third-order valence-corrected chi connectivity index (χ3v) is 10.1. The average molecular weight is 232 g/mol. The maximum absolute atomic E-state index is 2.44. The molecule has 0 amide bonds. The normalized spacial score (nSPS) is 13.1. The van der Waals surface area contributed by atoms with Crippen LogP contribution in [-0.4, -0.2) is 24.6 Å². The molecule has 0 fully saturated rings. The van der Waals surface area contributed by atoms with Gasteiger partial charge in [-0.05, 0) is 0 Å². The van der Waals surface area contributed by atoms with Crippen molar-refractivity contribution in [2.75, 3.05) is 24.6 Å². The van der Waals surface area contributed by atoms with Gasteiger partial charge in [0, 0.05) is 0 Å². The Hall–Kier alpha value is 0.430. The molecule has 0 aromatic heterocycles. The van der Waals surface area contributed by atoms with Crippen molar-refractivity contribution in [1.82, 2.24) is 0 Å². The molecule has 0 spiro atoms. The van der Waals surface area contributed by atoms with E-state index in [2.05, 4.69) is 27.7 Å². The average Bonchev–Trinajstić information content (AvgIpc) is 2.27. The van der Waals surface area contributed by atoms with Gasteiger partial charge in [-0.3, -0.25) is 0 Å². The molecule has 0 aliphatic rings. The summed E-state index contributed by atoms with van der Waals surface area (Å²) >= 11 is 0. The molecule has 1 heteroatoms. The summed E-state index contributed by atoms with van der Waals surface area (Å²) in [4.78, 5) is 0. The summed E-state index contributed by atoms with van der Waals surface area (Å²) in [6.45, 7) is 9.55. The molecular weight excluding hydrogens is 199 g/mol. The standard InChI is InChI=1S/C14H33P/c1-5-9-10-11-12-14-15(7-3,8-4)13-6-2/h15H,5-14H2,1-4H3. The molecule has 0 saturated heterocycles. The van der Waals surface area contributed by atoms with E-state index >= 15 is 0 Å². The second-order valence-corrected chi connectivity index (χ2v) is 10.5. The zero-order chi connectivity index (χ0) is 11.6. The van der Waals surface area contributed by atoms with Crippen LogP contribution in [0.5, 0.6) is 0 Å². The second kappa shape index (κ2) is 9.64. The van der Waals surface area contributed by atoms with Gasteiger partial charge in [-0.15, -0.1) is 0 Å². The van der Waals surface area contributed by atoms with Crippen molar-refractivity contribution in [3.63, 3.8) is 0 Å². The fraction of sp³-hybridized carbons (Fsp3) is 1.00. The first-order chi connectivity index (χ1) is 7.24. The molecule has 0 atom stereocenters. The fourth-order valence-corrected chi connectivity index (χ4v) is 6.94. The van der Waals surface area contributed by atoms with Crippen LogP contribution in [-0.2, 0) is 0 Å². The van der Waals surface area contributed by atoms with Gasteiger partial charge in [0.25, 0.3) is 0 Å². The molecule has 0 aromatic rings. The van der Waals surface area contributed by atoms with Crippen molar-refractivity contribution in [1.29, 1.82) is 0 Å². The van der Waals surface area contributed by atoms with Crippen LogP contribution in [0, 0.1) is 0 Å². The van der Waals surface area contributed by atoms with Gasteiger partial charge in [-0.2, -0.15) is 0 Å². The molecule has 15 heavy (non-hydrogen) atoms. The number of hydrogen-bond acceptors (Lipinski definition) is 0. The Labute approximate surface area is 98.6 Å². The quantitative estimate of drug-likeness (QED) is 0.360. The van der Waals surface area contributed by atoms with Crippen molar-refractivity contribution in [3.05, 3.63) is 0 Å². The van der Waals surface area contributed by atoms with E-state index in [-0.39, 0.29) is 0 Å². The summed E-state index contributed by atoms with van der Waals surface area (Å²) in [6, 6.07) is 0. The molecule has 0 rings (SSSR count). The fourth-order valence-electron chi connectivity index (χ4n) is 2.72. The van der Waals surface area contributed by atoms with E-state index in [9.17, 15) is 0 Å². The van der Waals surface area contributed by atoms with Gasteiger partial charge in [0.05, 0.1) is 0 Å². The van der Waals surface area contributed by atoms with Gasteiger partial charge >= 0.3 is 98.1 Å². The molecule has 0 bridgehead atoms. The Morgan fingerprint density at radius 3 is 1.67 bits per heavy atom. The van der Waals surface area contributed by atoms with E-state index in [1.54, 1.807) is 12.3 Å². The Bertz CT molecular complexity index is 127. The van der Waals surface area contributed by atoms with Crippen LogP contribution in [0.3, 0.4) is 0 Å². The van der Waals surface area contributed by atoms with E-state index in [0.717, 1.165) is 0 Å². The molecule has 0 aromatic carbocycles. The van der Waals surface area contributed by atoms with Crippen LogP contribution in [0.4, 0.5) is 0 Å². The van der Waals surface area contributed by atoms with Gasteiger partial charge in [0.1, 0.15) is 0 Å². The predicted octanol–water partition coefficient (Wildman–Crippen LogP) is 5.16. The van der Waals surface area contributed by atoms with Crippen LogP contribution < -0.4 is 0 Å². The molecular formula is C14H33P. The topological polar surface area (TPSA) is 0 Å². The number of hydrogen-bond donors (Lipinski definition) is 0. The molecule has 0 aliphatic carbocycles. The van der Waals surface area contributed by atoms with E-state index in [0.29, 0.717) is 0 Å². The Kier molecular flexibility index (Phi) is 9.92. The van der Waals surface area contributed by atoms with Crippen LogP contribution in [0.2, 0.25) is 0 Å². The molecule has 0 N–H and O–H groups in total. The minimum absolute atomic E-state index is 0.804. The van der Waals surface area contributed by atoms with E-state index in [1.807, 2.05) is 0 Å². The maximum atomic E-state index is 2.44. The first kappa shape index (κ1) is 15.4. The second-order valence-electron chi connectivity index (χ2n) is 5.12. The summed E-state index contributed by atoms with van der Waals surface area (Å²) in [6.07, 6.45) is 14.9. The monoisotopic (exact) mass is 232 g/mol. The summed E-state index contributed by atoms with van der Waals surface area (Å²) in [5.74, 6) is 0. The third-order valence-electron chi connectivity index (χ3n) is 4.09. The van der Waals surface area contributed by atoms with Crippen LogP contribution in [0.1, 0.15) is 66.2 Å². The third kappa shape index (κ3) is 6.56. The van der Waals surface area contributed by atoms with Crippen molar-refractivity contribution >= 4 is 7.26 Å². The summed E-state index contributed by atoms with van der Waals surface area (Å²) < 4.78 is 0. The zero-order valence-corrected chi connectivity index (χ0v) is 12.6. The van der Waals surface area contributed by atoms with E-state index in [1.165, 1.54) is 50.8 Å². The Balaban J connectivity index is 3.74. The van der Waals surface area contributed by atoms with Crippen molar-refractivity contribution in [2.45, 2.75) is 66.2 Å². The Morgan fingerprint density at radius 2 is 1.20 bits per heavy atom. The first-order valence-electron chi connectivity index (χ1n) is 7.24. The van der Waals surface area contributed by atoms with Gasteiger partial charge < -0.3 is 0 Å². The summed E-state index contributed by atoms with van der Waals surface area (Å²) in [5.41, 5.74) is 0. The van der Waals surface area contributed by atoms with Crippen LogP contribution in [0.25, 0.3) is 0 Å². The van der Waals surface area contributed by atoms with Gasteiger partial charge in [-0.25, -0.2) is 0 Å². The zero-order valence-electron chi connectivity index (χ0n) is 11.6. The number of rotatable bonds is 10. The molecule has 0 radical (unpaired) electrons. The molecule has 0 aliphatic heterocycles. The van der Waals surface area contributed by atoms with Crippen molar-refractivity contribution in [2.24, 2.45) is 0 Å². The summed E-state index contributed by atoms with van der Waals surface area (Å²) in [5, 5.41) is 0.